The maximum Gasteiger partial charge on any atom is 0.308 e. The highest BCUT2D eigenvalue weighted by atomic mass is 32.2. The summed E-state index contributed by atoms with van der Waals surface area (Å²) in [5, 5.41) is 13.5. The Morgan fingerprint density at radius 3 is 2.63 bits per heavy atom. The molecule has 2 aromatic heterocycles. The number of carbonyl (C=O) groups excluding carboxylic acids is 1. The van der Waals surface area contributed by atoms with Crippen molar-refractivity contribution in [3.8, 4) is 0 Å². The standard InChI is InChI=1S/C24H33N5O5S/c1-3-29-22-19(15-26-29)21(27-17-7-11-35(31,32)12-8-17)18(14-25-22)20-13-24(34-28-20)9-5-16(6-10-24)23(30)33-4-2/h14-17H,3-13H2,1-2H3,(H,25,27). The van der Waals surface area contributed by atoms with Crippen molar-refractivity contribution in [2.75, 3.05) is 23.4 Å². The average Bonchev–Trinajstić information content (AvgIpc) is 3.45. The highest BCUT2D eigenvalue weighted by molar-refractivity contribution is 7.91. The Hall–Kier alpha value is -2.69. The third-order valence-electron chi connectivity index (χ3n) is 7.54. The summed E-state index contributed by atoms with van der Waals surface area (Å²) >= 11 is 0. The Bertz CT molecular complexity index is 1230. The Kier molecular flexibility index (Phi) is 6.45. The van der Waals surface area contributed by atoms with Gasteiger partial charge < -0.3 is 14.9 Å². The van der Waals surface area contributed by atoms with Gasteiger partial charge in [-0.2, -0.15) is 5.10 Å². The van der Waals surface area contributed by atoms with Crippen LogP contribution in [-0.2, 0) is 30.8 Å². The number of pyridine rings is 1. The van der Waals surface area contributed by atoms with E-state index in [9.17, 15) is 13.2 Å². The second-order valence-corrected chi connectivity index (χ2v) is 12.1. The van der Waals surface area contributed by atoms with Gasteiger partial charge in [0.2, 0.25) is 0 Å². The Morgan fingerprint density at radius 1 is 1.20 bits per heavy atom. The molecule has 1 aliphatic carbocycles. The lowest BCUT2D eigenvalue weighted by molar-refractivity contribution is -0.151. The number of hydrogen-bond acceptors (Lipinski definition) is 9. The number of carbonyl (C=O) groups is 1. The normalized spacial score (nSPS) is 23.7. The number of fused-ring (bicyclic) bond motifs is 1. The van der Waals surface area contributed by atoms with Crippen molar-refractivity contribution < 1.29 is 22.8 Å². The molecule has 1 N–H and O–H groups in total. The smallest absolute Gasteiger partial charge is 0.308 e. The molecule has 2 fully saturated rings. The number of ether oxygens (including phenoxy) is 1. The van der Waals surface area contributed by atoms with E-state index in [0.717, 1.165) is 53.7 Å². The Morgan fingerprint density at radius 2 is 1.94 bits per heavy atom. The average molecular weight is 504 g/mol. The fraction of sp³-hybridized carbons (Fsp3) is 0.667. The first kappa shape index (κ1) is 24.0. The second-order valence-electron chi connectivity index (χ2n) is 9.83. The van der Waals surface area contributed by atoms with Gasteiger partial charge in [0.25, 0.3) is 0 Å². The van der Waals surface area contributed by atoms with Crippen LogP contribution in [0.25, 0.3) is 11.0 Å². The topological polar surface area (TPSA) is 125 Å². The predicted octanol–water partition coefficient (Wildman–Crippen LogP) is 3.06. The number of esters is 1. The highest BCUT2D eigenvalue weighted by Crippen LogP contribution is 2.43. The molecule has 2 aromatic rings. The van der Waals surface area contributed by atoms with Gasteiger partial charge in [0, 0.05) is 30.8 Å². The molecule has 5 rings (SSSR count). The lowest BCUT2D eigenvalue weighted by atomic mass is 9.76. The van der Waals surface area contributed by atoms with Crippen LogP contribution in [0.5, 0.6) is 0 Å². The highest BCUT2D eigenvalue weighted by Gasteiger charge is 2.45. The van der Waals surface area contributed by atoms with Crippen LogP contribution in [0.15, 0.2) is 17.5 Å². The number of hydrogen-bond donors (Lipinski definition) is 1. The van der Waals surface area contributed by atoms with Gasteiger partial charge in [-0.25, -0.2) is 18.1 Å². The minimum atomic E-state index is -2.95. The van der Waals surface area contributed by atoms with Crippen LogP contribution < -0.4 is 5.32 Å². The van der Waals surface area contributed by atoms with Crippen LogP contribution in [-0.4, -0.2) is 64.6 Å². The van der Waals surface area contributed by atoms with Gasteiger partial charge in [-0.3, -0.25) is 4.79 Å². The molecule has 3 aliphatic rings. The summed E-state index contributed by atoms with van der Waals surface area (Å²) in [4.78, 5) is 22.9. The van der Waals surface area contributed by atoms with E-state index >= 15 is 0 Å². The Labute approximate surface area is 205 Å². The molecule has 0 bridgehead atoms. The van der Waals surface area contributed by atoms with Crippen molar-refractivity contribution in [3.63, 3.8) is 0 Å². The lowest BCUT2D eigenvalue weighted by Gasteiger charge is -2.33. The molecule has 11 heteroatoms. The van der Waals surface area contributed by atoms with Crippen molar-refractivity contribution in [1.29, 1.82) is 0 Å². The van der Waals surface area contributed by atoms with Crippen LogP contribution in [0, 0.1) is 5.92 Å². The van der Waals surface area contributed by atoms with E-state index in [1.54, 1.807) is 0 Å². The monoisotopic (exact) mass is 503 g/mol. The van der Waals surface area contributed by atoms with E-state index < -0.39 is 15.4 Å². The number of sulfone groups is 1. The van der Waals surface area contributed by atoms with Gasteiger partial charge >= 0.3 is 5.97 Å². The first-order valence-electron chi connectivity index (χ1n) is 12.6. The number of rotatable bonds is 6. The maximum atomic E-state index is 12.2. The van der Waals surface area contributed by atoms with E-state index in [0.29, 0.717) is 32.4 Å². The summed E-state index contributed by atoms with van der Waals surface area (Å²) in [5.41, 5.74) is 2.96. The summed E-state index contributed by atoms with van der Waals surface area (Å²) in [7, 11) is -2.95. The van der Waals surface area contributed by atoms with Crippen molar-refractivity contribution >= 4 is 38.2 Å². The second kappa shape index (κ2) is 9.40. The van der Waals surface area contributed by atoms with E-state index in [4.69, 9.17) is 9.57 Å². The molecule has 0 aromatic carbocycles. The molecule has 2 aliphatic heterocycles. The fourth-order valence-corrected chi connectivity index (χ4v) is 6.94. The first-order chi connectivity index (χ1) is 16.8. The van der Waals surface area contributed by atoms with Gasteiger partial charge in [-0.1, -0.05) is 5.16 Å². The van der Waals surface area contributed by atoms with Crippen molar-refractivity contribution in [3.05, 3.63) is 18.0 Å². The van der Waals surface area contributed by atoms with Gasteiger partial charge in [-0.15, -0.1) is 0 Å². The zero-order valence-corrected chi connectivity index (χ0v) is 21.1. The minimum Gasteiger partial charge on any atom is -0.466 e. The van der Waals surface area contributed by atoms with E-state index in [1.807, 2.05) is 30.9 Å². The number of nitrogens with one attached hydrogen (secondary N) is 1. The molecule has 1 saturated heterocycles. The minimum absolute atomic E-state index is 0.0461. The molecule has 1 saturated carbocycles. The van der Waals surface area contributed by atoms with Crippen LogP contribution >= 0.6 is 0 Å². The predicted molar refractivity (Wildman–Crippen MR) is 132 cm³/mol. The molecule has 10 nitrogen and oxygen atoms in total. The number of aryl methyl sites for hydroxylation is 1. The molecule has 0 amide bonds. The molecular formula is C24H33N5O5S. The summed E-state index contributed by atoms with van der Waals surface area (Å²) in [6.45, 7) is 4.95. The number of nitrogens with zero attached hydrogens (tertiary/aromatic N) is 4. The fourth-order valence-electron chi connectivity index (χ4n) is 5.44. The number of anilines is 1. The summed E-state index contributed by atoms with van der Waals surface area (Å²) in [5.74, 6) is 0.185. The summed E-state index contributed by atoms with van der Waals surface area (Å²) in [6, 6.07) is 0.0461. The zero-order valence-electron chi connectivity index (χ0n) is 20.3. The molecule has 0 unspecified atom stereocenters. The van der Waals surface area contributed by atoms with E-state index in [1.165, 1.54) is 0 Å². The largest absolute Gasteiger partial charge is 0.466 e. The lowest BCUT2D eigenvalue weighted by Crippen LogP contribution is -2.37. The van der Waals surface area contributed by atoms with Gasteiger partial charge in [0.1, 0.15) is 15.4 Å². The quantitative estimate of drug-likeness (QED) is 0.597. The summed E-state index contributed by atoms with van der Waals surface area (Å²) in [6.07, 6.45) is 8.36. The third kappa shape index (κ3) is 4.74. The number of oxime groups is 1. The molecule has 0 atom stereocenters. The molecular weight excluding hydrogens is 470 g/mol. The van der Waals surface area contributed by atoms with Crippen LogP contribution in [0.3, 0.4) is 0 Å². The first-order valence-corrected chi connectivity index (χ1v) is 14.4. The van der Waals surface area contributed by atoms with Crippen molar-refractivity contribution in [2.24, 2.45) is 11.1 Å². The molecule has 190 valence electrons. The molecule has 4 heterocycles. The van der Waals surface area contributed by atoms with Gasteiger partial charge in [-0.05, 0) is 52.4 Å². The maximum absolute atomic E-state index is 12.2. The van der Waals surface area contributed by atoms with Crippen molar-refractivity contribution in [1.82, 2.24) is 14.8 Å². The Balaban J connectivity index is 1.38. The van der Waals surface area contributed by atoms with Gasteiger partial charge in [0.15, 0.2) is 5.65 Å². The van der Waals surface area contributed by atoms with Crippen LogP contribution in [0.1, 0.15) is 64.4 Å². The summed E-state index contributed by atoms with van der Waals surface area (Å²) < 4.78 is 30.9. The third-order valence-corrected chi connectivity index (χ3v) is 9.25. The van der Waals surface area contributed by atoms with E-state index in [2.05, 4.69) is 20.6 Å². The zero-order chi connectivity index (χ0) is 24.6. The molecule has 1 spiro atoms. The van der Waals surface area contributed by atoms with Crippen molar-refractivity contribution in [2.45, 2.75) is 77.0 Å². The SMILES string of the molecule is CCOC(=O)C1CCC2(CC1)CC(c1cnc3c(cnn3CC)c1NC1CCS(=O)(=O)CC1)=NO2. The van der Waals surface area contributed by atoms with Crippen LogP contribution in [0.2, 0.25) is 0 Å². The van der Waals surface area contributed by atoms with E-state index in [-0.39, 0.29) is 29.4 Å². The van der Waals surface area contributed by atoms with Crippen LogP contribution in [0.4, 0.5) is 5.69 Å². The molecule has 35 heavy (non-hydrogen) atoms. The molecule has 0 radical (unpaired) electrons. The number of aromatic nitrogens is 3. The van der Waals surface area contributed by atoms with Gasteiger partial charge in [0.05, 0.1) is 47.0 Å².